The SMILES string of the molecule is O=C(O)COc1cccc(NC(=O)c2ccc(Br)nc2)c1. The Bertz CT molecular complexity index is 658. The van der Waals surface area contributed by atoms with Crippen LogP contribution in [-0.4, -0.2) is 28.6 Å². The molecule has 2 rings (SSSR count). The van der Waals surface area contributed by atoms with E-state index in [0.717, 1.165) is 0 Å². The summed E-state index contributed by atoms with van der Waals surface area (Å²) in [5.74, 6) is -1.01. The molecule has 21 heavy (non-hydrogen) atoms. The number of carboxylic acid groups (broad SMARTS) is 1. The molecule has 2 N–H and O–H groups in total. The molecule has 0 saturated carbocycles. The second-order valence-electron chi connectivity index (χ2n) is 4.03. The van der Waals surface area contributed by atoms with Crippen molar-refractivity contribution in [1.29, 1.82) is 0 Å². The van der Waals surface area contributed by atoms with E-state index in [4.69, 9.17) is 9.84 Å². The summed E-state index contributed by atoms with van der Waals surface area (Å²) in [6.07, 6.45) is 1.45. The number of aliphatic carboxylic acids is 1. The zero-order valence-corrected chi connectivity index (χ0v) is 12.3. The van der Waals surface area contributed by atoms with Crippen LogP contribution in [0.2, 0.25) is 0 Å². The van der Waals surface area contributed by atoms with Gasteiger partial charge in [0, 0.05) is 18.0 Å². The van der Waals surface area contributed by atoms with Crippen molar-refractivity contribution < 1.29 is 19.4 Å². The summed E-state index contributed by atoms with van der Waals surface area (Å²) in [7, 11) is 0. The Balaban J connectivity index is 2.05. The maximum absolute atomic E-state index is 12.0. The van der Waals surface area contributed by atoms with Crippen LogP contribution in [0.5, 0.6) is 5.75 Å². The molecule has 1 amide bonds. The third-order valence-corrected chi connectivity index (χ3v) is 2.91. The van der Waals surface area contributed by atoms with Crippen LogP contribution in [0.15, 0.2) is 47.2 Å². The molecular weight excluding hydrogens is 340 g/mol. The van der Waals surface area contributed by atoms with Gasteiger partial charge in [0.15, 0.2) is 6.61 Å². The number of hydrogen-bond acceptors (Lipinski definition) is 4. The molecule has 0 unspecified atom stereocenters. The van der Waals surface area contributed by atoms with Crippen LogP contribution in [0.25, 0.3) is 0 Å². The maximum atomic E-state index is 12.0. The monoisotopic (exact) mass is 350 g/mol. The van der Waals surface area contributed by atoms with E-state index in [1.807, 2.05) is 0 Å². The average Bonchev–Trinajstić information content (AvgIpc) is 2.46. The fourth-order valence-electron chi connectivity index (χ4n) is 1.52. The first-order valence-corrected chi connectivity index (χ1v) is 6.71. The second kappa shape index (κ2) is 6.85. The van der Waals surface area contributed by atoms with E-state index in [1.165, 1.54) is 6.20 Å². The number of nitrogens with one attached hydrogen (secondary N) is 1. The van der Waals surface area contributed by atoms with Crippen molar-refractivity contribution in [2.24, 2.45) is 0 Å². The molecule has 0 aliphatic heterocycles. The number of carbonyl (C=O) groups is 2. The molecule has 0 spiro atoms. The highest BCUT2D eigenvalue weighted by Gasteiger charge is 2.07. The van der Waals surface area contributed by atoms with Gasteiger partial charge in [-0.1, -0.05) is 6.07 Å². The van der Waals surface area contributed by atoms with Crippen LogP contribution >= 0.6 is 15.9 Å². The Labute approximate surface area is 128 Å². The topological polar surface area (TPSA) is 88.5 Å². The van der Waals surface area contributed by atoms with Crippen LogP contribution in [0, 0.1) is 0 Å². The normalized spacial score (nSPS) is 9.95. The number of benzene rings is 1. The number of carbonyl (C=O) groups excluding carboxylic acids is 1. The highest BCUT2D eigenvalue weighted by molar-refractivity contribution is 9.10. The van der Waals surface area contributed by atoms with Crippen LogP contribution in [0.1, 0.15) is 10.4 Å². The van der Waals surface area contributed by atoms with Crippen molar-refractivity contribution in [3.8, 4) is 5.75 Å². The quantitative estimate of drug-likeness (QED) is 0.809. The van der Waals surface area contributed by atoms with Gasteiger partial charge >= 0.3 is 5.97 Å². The van der Waals surface area contributed by atoms with Gasteiger partial charge < -0.3 is 15.2 Å². The molecule has 0 fully saturated rings. The van der Waals surface area contributed by atoms with Gasteiger partial charge in [0.1, 0.15) is 10.4 Å². The first-order chi connectivity index (χ1) is 10.0. The number of carboxylic acids is 1. The van der Waals surface area contributed by atoms with E-state index in [0.29, 0.717) is 21.6 Å². The molecule has 0 atom stereocenters. The van der Waals surface area contributed by atoms with Gasteiger partial charge in [-0.25, -0.2) is 9.78 Å². The Morgan fingerprint density at radius 2 is 2.10 bits per heavy atom. The van der Waals surface area contributed by atoms with Crippen molar-refractivity contribution >= 4 is 33.5 Å². The Kier molecular flexibility index (Phi) is 4.89. The zero-order chi connectivity index (χ0) is 15.2. The lowest BCUT2D eigenvalue weighted by molar-refractivity contribution is -0.139. The number of pyridine rings is 1. The van der Waals surface area contributed by atoms with E-state index in [1.54, 1.807) is 36.4 Å². The molecule has 0 bridgehead atoms. The molecule has 1 aromatic carbocycles. The fourth-order valence-corrected chi connectivity index (χ4v) is 1.76. The second-order valence-corrected chi connectivity index (χ2v) is 4.85. The van der Waals surface area contributed by atoms with E-state index in [9.17, 15) is 9.59 Å². The number of amides is 1. The molecule has 6 nitrogen and oxygen atoms in total. The van der Waals surface area contributed by atoms with Crippen molar-refractivity contribution in [2.45, 2.75) is 0 Å². The number of ether oxygens (including phenoxy) is 1. The Morgan fingerprint density at radius 3 is 2.76 bits per heavy atom. The zero-order valence-electron chi connectivity index (χ0n) is 10.7. The molecule has 108 valence electrons. The number of rotatable bonds is 5. The summed E-state index contributed by atoms with van der Waals surface area (Å²) in [5, 5.41) is 11.2. The average molecular weight is 351 g/mol. The van der Waals surface area contributed by atoms with E-state index < -0.39 is 12.6 Å². The Morgan fingerprint density at radius 1 is 1.29 bits per heavy atom. The molecule has 1 aromatic heterocycles. The summed E-state index contributed by atoms with van der Waals surface area (Å²) in [4.78, 5) is 26.4. The van der Waals surface area contributed by atoms with Gasteiger partial charge in [-0.2, -0.15) is 0 Å². The van der Waals surface area contributed by atoms with Crippen molar-refractivity contribution in [2.75, 3.05) is 11.9 Å². The summed E-state index contributed by atoms with van der Waals surface area (Å²) in [6.45, 7) is -0.436. The third kappa shape index (κ3) is 4.57. The highest BCUT2D eigenvalue weighted by Crippen LogP contribution is 2.18. The fraction of sp³-hybridized carbons (Fsp3) is 0.0714. The van der Waals surface area contributed by atoms with Gasteiger partial charge in [-0.05, 0) is 40.2 Å². The highest BCUT2D eigenvalue weighted by atomic mass is 79.9. The first-order valence-electron chi connectivity index (χ1n) is 5.92. The smallest absolute Gasteiger partial charge is 0.341 e. The molecule has 0 radical (unpaired) electrons. The maximum Gasteiger partial charge on any atom is 0.341 e. The van der Waals surface area contributed by atoms with Crippen LogP contribution in [0.3, 0.4) is 0 Å². The standard InChI is InChI=1S/C14H11BrN2O4/c15-12-5-4-9(7-16-12)14(20)17-10-2-1-3-11(6-10)21-8-13(18)19/h1-7H,8H2,(H,17,20)(H,18,19). The number of anilines is 1. The number of nitrogens with zero attached hydrogens (tertiary/aromatic N) is 1. The number of hydrogen-bond donors (Lipinski definition) is 2. The predicted octanol–water partition coefficient (Wildman–Crippen LogP) is 2.56. The lowest BCUT2D eigenvalue weighted by Gasteiger charge is -2.08. The minimum Gasteiger partial charge on any atom is -0.482 e. The summed E-state index contributed by atoms with van der Waals surface area (Å²) in [6, 6.07) is 9.80. The molecule has 1 heterocycles. The van der Waals surface area contributed by atoms with E-state index in [-0.39, 0.29) is 5.91 Å². The van der Waals surface area contributed by atoms with E-state index in [2.05, 4.69) is 26.2 Å². The van der Waals surface area contributed by atoms with Gasteiger partial charge in [-0.3, -0.25) is 4.79 Å². The van der Waals surface area contributed by atoms with Crippen LogP contribution < -0.4 is 10.1 Å². The largest absolute Gasteiger partial charge is 0.482 e. The van der Waals surface area contributed by atoms with Gasteiger partial charge in [-0.15, -0.1) is 0 Å². The van der Waals surface area contributed by atoms with Gasteiger partial charge in [0.2, 0.25) is 0 Å². The molecule has 2 aromatic rings. The Hall–Kier alpha value is -2.41. The third-order valence-electron chi connectivity index (χ3n) is 2.44. The predicted molar refractivity (Wildman–Crippen MR) is 79.5 cm³/mol. The van der Waals surface area contributed by atoms with Crippen LogP contribution in [-0.2, 0) is 4.79 Å². The minimum atomic E-state index is -1.06. The van der Waals surface area contributed by atoms with Crippen molar-refractivity contribution in [3.63, 3.8) is 0 Å². The van der Waals surface area contributed by atoms with Crippen LogP contribution in [0.4, 0.5) is 5.69 Å². The summed E-state index contributed by atoms with van der Waals surface area (Å²) >= 11 is 3.19. The van der Waals surface area contributed by atoms with E-state index >= 15 is 0 Å². The lowest BCUT2D eigenvalue weighted by atomic mass is 10.2. The molecule has 7 heteroatoms. The first kappa shape index (κ1) is 15.0. The molecule has 0 aliphatic rings. The van der Waals surface area contributed by atoms with Crippen molar-refractivity contribution in [3.05, 3.63) is 52.8 Å². The van der Waals surface area contributed by atoms with Gasteiger partial charge in [0.25, 0.3) is 5.91 Å². The van der Waals surface area contributed by atoms with Gasteiger partial charge in [0.05, 0.1) is 5.56 Å². The lowest BCUT2D eigenvalue weighted by Crippen LogP contribution is -2.13. The number of aromatic nitrogens is 1. The molecule has 0 aliphatic carbocycles. The minimum absolute atomic E-state index is 0.314. The molecular formula is C14H11BrN2O4. The molecule has 0 saturated heterocycles. The number of halogens is 1. The summed E-state index contributed by atoms with van der Waals surface area (Å²) < 4.78 is 5.68. The van der Waals surface area contributed by atoms with Crippen molar-refractivity contribution in [1.82, 2.24) is 4.98 Å². The summed E-state index contributed by atoms with van der Waals surface area (Å²) in [5.41, 5.74) is 0.917.